The summed E-state index contributed by atoms with van der Waals surface area (Å²) in [5.74, 6) is -1.16. The molecule has 4 rings (SSSR count). The molecule has 0 aliphatic carbocycles. The summed E-state index contributed by atoms with van der Waals surface area (Å²) in [4.78, 5) is 39.3. The van der Waals surface area contributed by atoms with Crippen molar-refractivity contribution in [3.05, 3.63) is 82.6 Å². The third-order valence-electron chi connectivity index (χ3n) is 4.31. The third-order valence-corrected chi connectivity index (χ3v) is 5.50. The monoisotopic (exact) mass is 438 g/mol. The maximum absolute atomic E-state index is 12.9. The second-order valence-electron chi connectivity index (χ2n) is 6.51. The van der Waals surface area contributed by atoms with E-state index in [1.54, 1.807) is 48.5 Å². The zero-order chi connectivity index (χ0) is 21.3. The molecule has 1 N–H and O–H groups in total. The van der Waals surface area contributed by atoms with E-state index in [0.29, 0.717) is 21.6 Å². The first-order valence-corrected chi connectivity index (χ1v) is 10.1. The molecule has 0 radical (unpaired) electrons. The predicted molar refractivity (Wildman–Crippen MR) is 114 cm³/mol. The lowest BCUT2D eigenvalue weighted by atomic mass is 10.1. The zero-order valence-corrected chi connectivity index (χ0v) is 17.3. The molecule has 0 atom stereocenters. The Labute approximate surface area is 181 Å². The minimum absolute atomic E-state index is 0.187. The van der Waals surface area contributed by atoms with Gasteiger partial charge in [-0.25, -0.2) is 9.69 Å². The average molecular weight is 439 g/mol. The number of urea groups is 1. The number of nitrogens with one attached hydrogen (secondary N) is 1. The molecule has 1 aromatic heterocycles. The molecule has 4 amide bonds. The number of nitrogens with zero attached hydrogens (tertiary/aromatic N) is 1. The molecule has 0 unspecified atom stereocenters. The van der Waals surface area contributed by atoms with Crippen LogP contribution in [0.3, 0.4) is 0 Å². The molecule has 3 aromatic rings. The summed E-state index contributed by atoms with van der Waals surface area (Å²) in [6, 6.07) is 16.7. The first-order valence-electron chi connectivity index (χ1n) is 8.92. The summed E-state index contributed by atoms with van der Waals surface area (Å²) < 4.78 is 5.72. The number of rotatable bonds is 4. The SMILES string of the molecule is Cc1ccc(N2C(=O)NC(=O)/C(=C\c3ccc(Sc4ccc(Cl)cc4)o3)C2=O)cc1. The maximum Gasteiger partial charge on any atom is 0.335 e. The Balaban J connectivity index is 1.59. The molecule has 1 aliphatic heterocycles. The van der Waals surface area contributed by atoms with Gasteiger partial charge in [0.2, 0.25) is 0 Å². The van der Waals surface area contributed by atoms with Gasteiger partial charge in [0.25, 0.3) is 11.8 Å². The fraction of sp³-hybridized carbons (Fsp3) is 0.0455. The quantitative estimate of drug-likeness (QED) is 0.455. The van der Waals surface area contributed by atoms with Gasteiger partial charge >= 0.3 is 6.03 Å². The van der Waals surface area contributed by atoms with E-state index in [2.05, 4.69) is 5.32 Å². The van der Waals surface area contributed by atoms with Crippen LogP contribution in [0.4, 0.5) is 10.5 Å². The number of hydrogen-bond acceptors (Lipinski definition) is 5. The molecule has 2 heterocycles. The Hall–Kier alpha value is -3.29. The van der Waals surface area contributed by atoms with Gasteiger partial charge < -0.3 is 4.42 Å². The van der Waals surface area contributed by atoms with Crippen LogP contribution in [0.25, 0.3) is 6.08 Å². The molecular formula is C22H15ClN2O4S. The van der Waals surface area contributed by atoms with Crippen LogP contribution in [0.2, 0.25) is 5.02 Å². The van der Waals surface area contributed by atoms with Crippen molar-refractivity contribution in [2.75, 3.05) is 4.90 Å². The van der Waals surface area contributed by atoms with E-state index in [9.17, 15) is 14.4 Å². The molecule has 1 fully saturated rings. The number of halogens is 1. The molecule has 1 aliphatic rings. The number of carbonyl (C=O) groups excluding carboxylic acids is 3. The highest BCUT2D eigenvalue weighted by atomic mass is 35.5. The van der Waals surface area contributed by atoms with Crippen LogP contribution in [-0.4, -0.2) is 17.8 Å². The predicted octanol–water partition coefficient (Wildman–Crippen LogP) is 5.06. The first-order chi connectivity index (χ1) is 14.4. The minimum Gasteiger partial charge on any atom is -0.450 e. The Morgan fingerprint density at radius 1 is 0.967 bits per heavy atom. The van der Waals surface area contributed by atoms with Crippen LogP contribution >= 0.6 is 23.4 Å². The van der Waals surface area contributed by atoms with Crippen LogP contribution in [0.1, 0.15) is 11.3 Å². The van der Waals surface area contributed by atoms with Gasteiger partial charge in [-0.3, -0.25) is 14.9 Å². The second-order valence-corrected chi connectivity index (χ2v) is 8.02. The molecule has 0 saturated carbocycles. The molecular weight excluding hydrogens is 424 g/mol. The fourth-order valence-electron chi connectivity index (χ4n) is 2.81. The lowest BCUT2D eigenvalue weighted by molar-refractivity contribution is -0.122. The van der Waals surface area contributed by atoms with E-state index >= 15 is 0 Å². The average Bonchev–Trinajstić information content (AvgIpc) is 3.15. The number of aryl methyl sites for hydroxylation is 1. The van der Waals surface area contributed by atoms with E-state index in [4.69, 9.17) is 16.0 Å². The largest absolute Gasteiger partial charge is 0.450 e. The van der Waals surface area contributed by atoms with Gasteiger partial charge in [0.1, 0.15) is 11.3 Å². The Morgan fingerprint density at radius 3 is 2.37 bits per heavy atom. The lowest BCUT2D eigenvalue weighted by Gasteiger charge is -2.26. The zero-order valence-electron chi connectivity index (χ0n) is 15.7. The Bertz CT molecular complexity index is 1170. The topological polar surface area (TPSA) is 79.6 Å². The van der Waals surface area contributed by atoms with Gasteiger partial charge in [0.15, 0.2) is 5.09 Å². The molecule has 30 heavy (non-hydrogen) atoms. The van der Waals surface area contributed by atoms with Crippen LogP contribution < -0.4 is 10.2 Å². The fourth-order valence-corrected chi connectivity index (χ4v) is 3.72. The molecule has 150 valence electrons. The van der Waals surface area contributed by atoms with Crippen molar-refractivity contribution in [1.82, 2.24) is 5.32 Å². The lowest BCUT2D eigenvalue weighted by Crippen LogP contribution is -2.54. The highest BCUT2D eigenvalue weighted by molar-refractivity contribution is 7.99. The van der Waals surface area contributed by atoms with Gasteiger partial charge in [-0.1, -0.05) is 41.1 Å². The number of barbiturate groups is 1. The van der Waals surface area contributed by atoms with Crippen LogP contribution in [0.15, 0.2) is 80.6 Å². The summed E-state index contributed by atoms with van der Waals surface area (Å²) in [5, 5.41) is 3.42. The van der Waals surface area contributed by atoms with Gasteiger partial charge in [0, 0.05) is 9.92 Å². The number of benzene rings is 2. The van der Waals surface area contributed by atoms with E-state index in [1.165, 1.54) is 17.8 Å². The van der Waals surface area contributed by atoms with Crippen molar-refractivity contribution in [2.45, 2.75) is 16.9 Å². The van der Waals surface area contributed by atoms with Crippen molar-refractivity contribution in [2.24, 2.45) is 0 Å². The molecule has 6 nitrogen and oxygen atoms in total. The number of amides is 4. The molecule has 1 saturated heterocycles. The molecule has 8 heteroatoms. The number of hydrogen-bond donors (Lipinski definition) is 1. The number of carbonyl (C=O) groups is 3. The summed E-state index contributed by atoms with van der Waals surface area (Å²) in [6.07, 6.45) is 1.33. The number of furan rings is 1. The second kappa shape index (κ2) is 8.22. The highest BCUT2D eigenvalue weighted by Gasteiger charge is 2.37. The van der Waals surface area contributed by atoms with Crippen molar-refractivity contribution >= 4 is 53.0 Å². The van der Waals surface area contributed by atoms with Crippen LogP contribution in [0.5, 0.6) is 0 Å². The van der Waals surface area contributed by atoms with Crippen molar-refractivity contribution in [3.63, 3.8) is 0 Å². The maximum atomic E-state index is 12.9. The van der Waals surface area contributed by atoms with E-state index in [1.807, 2.05) is 19.1 Å². The summed E-state index contributed by atoms with van der Waals surface area (Å²) in [7, 11) is 0. The Morgan fingerprint density at radius 2 is 1.67 bits per heavy atom. The van der Waals surface area contributed by atoms with Gasteiger partial charge in [-0.15, -0.1) is 0 Å². The van der Waals surface area contributed by atoms with E-state index < -0.39 is 17.8 Å². The van der Waals surface area contributed by atoms with Crippen molar-refractivity contribution in [3.8, 4) is 0 Å². The third kappa shape index (κ3) is 4.17. The van der Waals surface area contributed by atoms with E-state index in [-0.39, 0.29) is 5.57 Å². The number of imide groups is 2. The van der Waals surface area contributed by atoms with Crippen LogP contribution in [0, 0.1) is 6.92 Å². The van der Waals surface area contributed by atoms with Crippen molar-refractivity contribution < 1.29 is 18.8 Å². The van der Waals surface area contributed by atoms with E-state index in [0.717, 1.165) is 15.4 Å². The normalized spacial score (nSPS) is 15.6. The smallest absolute Gasteiger partial charge is 0.335 e. The minimum atomic E-state index is -0.788. The summed E-state index contributed by atoms with van der Waals surface area (Å²) in [5.41, 5.74) is 1.17. The summed E-state index contributed by atoms with van der Waals surface area (Å²) in [6.45, 7) is 1.90. The van der Waals surface area contributed by atoms with Gasteiger partial charge in [-0.05, 0) is 61.5 Å². The molecule has 0 spiro atoms. The van der Waals surface area contributed by atoms with Gasteiger partial charge in [0.05, 0.1) is 5.69 Å². The highest BCUT2D eigenvalue weighted by Crippen LogP contribution is 2.31. The standard InChI is InChI=1S/C22H15ClN2O4S/c1-13-2-6-15(7-3-13)25-21(27)18(20(26)24-22(25)28)12-16-8-11-19(29-16)30-17-9-4-14(23)5-10-17/h2-12H,1H3,(H,24,26,28)/b18-12+. The number of anilines is 1. The Kier molecular flexibility index (Phi) is 5.48. The summed E-state index contributed by atoms with van der Waals surface area (Å²) >= 11 is 7.27. The molecule has 0 bridgehead atoms. The first kappa shape index (κ1) is 20.0. The molecule has 2 aromatic carbocycles. The van der Waals surface area contributed by atoms with Crippen molar-refractivity contribution in [1.29, 1.82) is 0 Å². The van der Waals surface area contributed by atoms with Gasteiger partial charge in [-0.2, -0.15) is 0 Å². The van der Waals surface area contributed by atoms with Crippen LogP contribution in [-0.2, 0) is 9.59 Å².